The van der Waals surface area contributed by atoms with Crippen molar-refractivity contribution >= 4 is 5.78 Å². The average molecular weight is 208 g/mol. The van der Waals surface area contributed by atoms with E-state index in [1.165, 1.54) is 0 Å². The van der Waals surface area contributed by atoms with Gasteiger partial charge in [0.25, 0.3) is 0 Å². The van der Waals surface area contributed by atoms with Gasteiger partial charge < -0.3 is 4.42 Å². The number of ketones is 1. The Morgan fingerprint density at radius 3 is 2.33 bits per heavy atom. The zero-order valence-corrected chi connectivity index (χ0v) is 10.3. The summed E-state index contributed by atoms with van der Waals surface area (Å²) in [7, 11) is 0. The maximum absolute atomic E-state index is 11.9. The highest BCUT2D eigenvalue weighted by atomic mass is 16.3. The first-order chi connectivity index (χ1) is 6.97. The molecule has 1 rings (SSSR count). The van der Waals surface area contributed by atoms with Gasteiger partial charge in [-0.05, 0) is 6.07 Å². The van der Waals surface area contributed by atoms with E-state index in [0.29, 0.717) is 0 Å². The second-order valence-electron chi connectivity index (χ2n) is 4.52. The Bertz CT molecular complexity index is 345. The summed E-state index contributed by atoms with van der Waals surface area (Å²) in [6.07, 6.45) is 0.838. The molecule has 1 heterocycles. The van der Waals surface area contributed by atoms with Crippen LogP contribution in [0.4, 0.5) is 0 Å². The molecule has 0 bridgehead atoms. The van der Waals surface area contributed by atoms with E-state index in [4.69, 9.17) is 4.42 Å². The molecule has 0 unspecified atom stereocenters. The molecule has 0 fully saturated rings. The highest BCUT2D eigenvalue weighted by molar-refractivity contribution is 5.98. The van der Waals surface area contributed by atoms with Gasteiger partial charge in [0.15, 0.2) is 5.78 Å². The van der Waals surface area contributed by atoms with Crippen LogP contribution in [-0.4, -0.2) is 5.78 Å². The van der Waals surface area contributed by atoms with E-state index in [1.54, 1.807) is 0 Å². The topological polar surface area (TPSA) is 30.2 Å². The number of carbonyl (C=O) groups excluding carboxylic acids is 1. The van der Waals surface area contributed by atoms with Crippen LogP contribution in [0.5, 0.6) is 0 Å². The lowest BCUT2D eigenvalue weighted by molar-refractivity contribution is 0.0937. The third-order valence-electron chi connectivity index (χ3n) is 2.47. The third-order valence-corrected chi connectivity index (χ3v) is 2.47. The maximum Gasteiger partial charge on any atom is 0.168 e. The Hall–Kier alpha value is -1.05. The van der Waals surface area contributed by atoms with E-state index in [1.807, 2.05) is 26.8 Å². The van der Waals surface area contributed by atoms with Crippen molar-refractivity contribution in [3.05, 3.63) is 23.2 Å². The van der Waals surface area contributed by atoms with Gasteiger partial charge >= 0.3 is 0 Å². The average Bonchev–Trinajstić information content (AvgIpc) is 2.60. The summed E-state index contributed by atoms with van der Waals surface area (Å²) in [5.74, 6) is 2.23. The molecule has 1 aromatic heterocycles. The Morgan fingerprint density at radius 2 is 1.93 bits per heavy atom. The number of hydrogen-bond acceptors (Lipinski definition) is 2. The van der Waals surface area contributed by atoms with Crippen molar-refractivity contribution in [2.75, 3.05) is 0 Å². The Labute approximate surface area is 91.7 Å². The summed E-state index contributed by atoms with van der Waals surface area (Å²) in [4.78, 5) is 11.9. The first-order valence-corrected chi connectivity index (χ1v) is 5.64. The van der Waals surface area contributed by atoms with Crippen LogP contribution in [0.2, 0.25) is 0 Å². The van der Waals surface area contributed by atoms with Gasteiger partial charge in [-0.1, -0.05) is 34.6 Å². The molecule has 0 N–H and O–H groups in total. The molecule has 15 heavy (non-hydrogen) atoms. The molecule has 2 nitrogen and oxygen atoms in total. The van der Waals surface area contributed by atoms with Crippen LogP contribution >= 0.6 is 0 Å². The quantitative estimate of drug-likeness (QED) is 0.704. The number of Topliss-reactive ketones (excluding diaryl/α,β-unsaturated/α-hetero) is 1. The van der Waals surface area contributed by atoms with E-state index < -0.39 is 0 Å². The standard InChI is InChI=1S/C13H20O2/c1-6-10-7-11(12(14)8(2)3)13(15-10)9(4)5/h7-9H,6H2,1-5H3. The molecule has 0 radical (unpaired) electrons. The van der Waals surface area contributed by atoms with Crippen molar-refractivity contribution in [1.29, 1.82) is 0 Å². The third kappa shape index (κ3) is 2.49. The monoisotopic (exact) mass is 208 g/mol. The maximum atomic E-state index is 11.9. The van der Waals surface area contributed by atoms with Gasteiger partial charge in [0.2, 0.25) is 0 Å². The SMILES string of the molecule is CCc1cc(C(=O)C(C)C)c(C(C)C)o1. The molecule has 0 amide bonds. The van der Waals surface area contributed by atoms with Crippen molar-refractivity contribution in [2.24, 2.45) is 5.92 Å². The summed E-state index contributed by atoms with van der Waals surface area (Å²) >= 11 is 0. The Kier molecular flexibility index (Phi) is 3.72. The second kappa shape index (κ2) is 4.65. The molecule has 1 aromatic rings. The number of hydrogen-bond donors (Lipinski definition) is 0. The van der Waals surface area contributed by atoms with E-state index in [-0.39, 0.29) is 17.6 Å². The fourth-order valence-corrected chi connectivity index (χ4v) is 1.56. The molecule has 0 atom stereocenters. The van der Waals surface area contributed by atoms with Crippen LogP contribution in [0, 0.1) is 5.92 Å². The summed E-state index contributed by atoms with van der Waals surface area (Å²) in [5.41, 5.74) is 0.775. The lowest BCUT2D eigenvalue weighted by atomic mass is 9.97. The fraction of sp³-hybridized carbons (Fsp3) is 0.615. The van der Waals surface area contributed by atoms with Crippen molar-refractivity contribution < 1.29 is 9.21 Å². The minimum Gasteiger partial charge on any atom is -0.465 e. The minimum absolute atomic E-state index is 0.0322. The van der Waals surface area contributed by atoms with Gasteiger partial charge in [-0.15, -0.1) is 0 Å². The summed E-state index contributed by atoms with van der Waals surface area (Å²) in [6, 6.07) is 1.90. The van der Waals surface area contributed by atoms with Crippen molar-refractivity contribution in [3.63, 3.8) is 0 Å². The summed E-state index contributed by atoms with van der Waals surface area (Å²) in [6.45, 7) is 9.98. The van der Waals surface area contributed by atoms with Crippen LogP contribution in [0.25, 0.3) is 0 Å². The lowest BCUT2D eigenvalue weighted by Gasteiger charge is -2.06. The molecule has 0 spiro atoms. The van der Waals surface area contributed by atoms with Gasteiger partial charge in [-0.25, -0.2) is 0 Å². The Balaban J connectivity index is 3.14. The van der Waals surface area contributed by atoms with Crippen LogP contribution in [0.3, 0.4) is 0 Å². The smallest absolute Gasteiger partial charge is 0.168 e. The molecule has 2 heteroatoms. The molecule has 84 valence electrons. The lowest BCUT2D eigenvalue weighted by Crippen LogP contribution is -2.09. The predicted octanol–water partition coefficient (Wildman–Crippen LogP) is 3.80. The van der Waals surface area contributed by atoms with Crippen molar-refractivity contribution in [3.8, 4) is 0 Å². The van der Waals surface area contributed by atoms with E-state index in [9.17, 15) is 4.79 Å². The zero-order valence-electron chi connectivity index (χ0n) is 10.3. The van der Waals surface area contributed by atoms with Crippen LogP contribution in [-0.2, 0) is 6.42 Å². The second-order valence-corrected chi connectivity index (χ2v) is 4.52. The van der Waals surface area contributed by atoms with Crippen LogP contribution in [0.15, 0.2) is 10.5 Å². The largest absolute Gasteiger partial charge is 0.465 e. The molecule has 0 saturated carbocycles. The highest BCUT2D eigenvalue weighted by Crippen LogP contribution is 2.26. The normalized spacial score (nSPS) is 11.4. The highest BCUT2D eigenvalue weighted by Gasteiger charge is 2.21. The molecule has 0 saturated heterocycles. The van der Waals surface area contributed by atoms with Gasteiger partial charge in [-0.3, -0.25) is 4.79 Å². The molecule has 0 aliphatic carbocycles. The van der Waals surface area contributed by atoms with Gasteiger partial charge in [0.1, 0.15) is 11.5 Å². The van der Waals surface area contributed by atoms with E-state index in [2.05, 4.69) is 13.8 Å². The van der Waals surface area contributed by atoms with Gasteiger partial charge in [0.05, 0.1) is 5.56 Å². The predicted molar refractivity (Wildman–Crippen MR) is 61.3 cm³/mol. The van der Waals surface area contributed by atoms with E-state index in [0.717, 1.165) is 23.5 Å². The first kappa shape index (κ1) is 12.0. The summed E-state index contributed by atoms with van der Waals surface area (Å²) in [5, 5.41) is 0. The molecule has 0 aliphatic heterocycles. The molecular weight excluding hydrogens is 188 g/mol. The Morgan fingerprint density at radius 1 is 1.33 bits per heavy atom. The number of aryl methyl sites for hydroxylation is 1. The number of rotatable bonds is 4. The van der Waals surface area contributed by atoms with Crippen LogP contribution < -0.4 is 0 Å². The number of carbonyl (C=O) groups is 1. The minimum atomic E-state index is 0.0322. The summed E-state index contributed by atoms with van der Waals surface area (Å²) < 4.78 is 5.68. The molecule has 0 aliphatic rings. The van der Waals surface area contributed by atoms with Crippen molar-refractivity contribution in [1.82, 2.24) is 0 Å². The van der Waals surface area contributed by atoms with Crippen LogP contribution in [0.1, 0.15) is 62.4 Å². The van der Waals surface area contributed by atoms with E-state index >= 15 is 0 Å². The first-order valence-electron chi connectivity index (χ1n) is 5.64. The van der Waals surface area contributed by atoms with Gasteiger partial charge in [0, 0.05) is 18.3 Å². The molecule has 0 aromatic carbocycles. The van der Waals surface area contributed by atoms with Gasteiger partial charge in [-0.2, -0.15) is 0 Å². The van der Waals surface area contributed by atoms with Crippen molar-refractivity contribution in [2.45, 2.75) is 47.0 Å². The fourth-order valence-electron chi connectivity index (χ4n) is 1.56. The zero-order chi connectivity index (χ0) is 11.6. The molecular formula is C13H20O2. The number of furan rings is 1.